The average molecular weight is 224 g/mol. The van der Waals surface area contributed by atoms with E-state index < -0.39 is 0 Å². The van der Waals surface area contributed by atoms with Gasteiger partial charge >= 0.3 is 0 Å². The number of hydrogen-bond acceptors (Lipinski definition) is 4. The highest BCUT2D eigenvalue weighted by atomic mass is 32.2. The number of nitrogens with two attached hydrogens (primary N) is 1. The highest BCUT2D eigenvalue weighted by molar-refractivity contribution is 7.99. The fraction of sp³-hybridized carbons (Fsp3) is 0.455. The number of anilines is 1. The van der Waals surface area contributed by atoms with Crippen molar-refractivity contribution in [3.8, 4) is 5.75 Å². The van der Waals surface area contributed by atoms with Crippen LogP contribution in [0.2, 0.25) is 0 Å². The number of benzene rings is 1. The Balaban J connectivity index is 2.38. The Morgan fingerprint density at radius 1 is 1.53 bits per heavy atom. The summed E-state index contributed by atoms with van der Waals surface area (Å²) in [5.41, 5.74) is 6.83. The minimum absolute atomic E-state index is 0.683. The lowest BCUT2D eigenvalue weighted by Crippen LogP contribution is -2.34. The van der Waals surface area contributed by atoms with Crippen molar-refractivity contribution >= 4 is 17.4 Å². The molecule has 0 atom stereocenters. The lowest BCUT2D eigenvalue weighted by Gasteiger charge is -2.31. The molecule has 1 aromatic rings. The average Bonchev–Trinajstić information content (AvgIpc) is 2.29. The highest BCUT2D eigenvalue weighted by Crippen LogP contribution is 2.40. The SMILES string of the molecule is COc1cccc2c1N(CCN)CCS2. The number of rotatable bonds is 3. The maximum absolute atomic E-state index is 5.62. The van der Waals surface area contributed by atoms with Gasteiger partial charge in [0.05, 0.1) is 12.8 Å². The molecule has 0 saturated carbocycles. The topological polar surface area (TPSA) is 38.5 Å². The Bertz CT molecular complexity index is 329. The number of fused-ring (bicyclic) bond motifs is 1. The van der Waals surface area contributed by atoms with Crippen molar-refractivity contribution in [2.75, 3.05) is 37.4 Å². The van der Waals surface area contributed by atoms with E-state index >= 15 is 0 Å². The quantitative estimate of drug-likeness (QED) is 0.845. The van der Waals surface area contributed by atoms with E-state index in [1.54, 1.807) is 7.11 Å². The van der Waals surface area contributed by atoms with E-state index in [9.17, 15) is 0 Å². The predicted molar refractivity (Wildman–Crippen MR) is 65.0 cm³/mol. The normalized spacial score (nSPS) is 14.9. The molecule has 3 nitrogen and oxygen atoms in total. The number of hydrogen-bond donors (Lipinski definition) is 1. The standard InChI is InChI=1S/C11H16N2OS/c1-14-9-3-2-4-10-11(9)13(6-5-12)7-8-15-10/h2-4H,5-8,12H2,1H3. The summed E-state index contributed by atoms with van der Waals surface area (Å²) in [6.07, 6.45) is 0. The molecule has 4 heteroatoms. The van der Waals surface area contributed by atoms with E-state index in [1.165, 1.54) is 10.6 Å². The maximum Gasteiger partial charge on any atom is 0.143 e. The van der Waals surface area contributed by atoms with Crippen LogP contribution in [0.5, 0.6) is 5.75 Å². The van der Waals surface area contributed by atoms with Crippen LogP contribution in [0, 0.1) is 0 Å². The molecule has 0 spiro atoms. The van der Waals surface area contributed by atoms with Gasteiger partial charge in [-0.25, -0.2) is 0 Å². The van der Waals surface area contributed by atoms with E-state index in [1.807, 2.05) is 23.9 Å². The van der Waals surface area contributed by atoms with E-state index in [-0.39, 0.29) is 0 Å². The molecule has 2 N–H and O–H groups in total. The van der Waals surface area contributed by atoms with Crippen LogP contribution in [0.3, 0.4) is 0 Å². The summed E-state index contributed by atoms with van der Waals surface area (Å²) in [7, 11) is 1.72. The summed E-state index contributed by atoms with van der Waals surface area (Å²) >= 11 is 1.89. The van der Waals surface area contributed by atoms with Crippen LogP contribution >= 0.6 is 11.8 Å². The second-order valence-corrected chi connectivity index (χ2v) is 4.57. The lowest BCUT2D eigenvalue weighted by atomic mass is 10.2. The molecule has 0 amide bonds. The summed E-state index contributed by atoms with van der Waals surface area (Å²) in [5.74, 6) is 2.08. The minimum atomic E-state index is 0.683. The zero-order valence-corrected chi connectivity index (χ0v) is 9.72. The molecule has 0 fully saturated rings. The molecular weight excluding hydrogens is 208 g/mol. The molecule has 82 valence electrons. The minimum Gasteiger partial charge on any atom is -0.495 e. The Morgan fingerprint density at radius 2 is 2.40 bits per heavy atom. The first-order chi connectivity index (χ1) is 7.36. The van der Waals surface area contributed by atoms with Crippen molar-refractivity contribution in [2.24, 2.45) is 5.73 Å². The molecule has 1 aliphatic rings. The van der Waals surface area contributed by atoms with Gasteiger partial charge in [0, 0.05) is 30.3 Å². The van der Waals surface area contributed by atoms with Gasteiger partial charge in [-0.15, -0.1) is 11.8 Å². The zero-order chi connectivity index (χ0) is 10.7. The van der Waals surface area contributed by atoms with Gasteiger partial charge in [-0.1, -0.05) is 6.07 Å². The molecule has 1 aliphatic heterocycles. The van der Waals surface area contributed by atoms with Crippen molar-refractivity contribution in [1.82, 2.24) is 0 Å². The van der Waals surface area contributed by atoms with Crippen LogP contribution in [0.1, 0.15) is 0 Å². The molecule has 0 unspecified atom stereocenters. The van der Waals surface area contributed by atoms with E-state index in [0.717, 1.165) is 24.6 Å². The Morgan fingerprint density at radius 3 is 3.13 bits per heavy atom. The summed E-state index contributed by atoms with van der Waals surface area (Å²) in [6, 6.07) is 6.19. The molecule has 0 saturated heterocycles. The molecule has 1 heterocycles. The van der Waals surface area contributed by atoms with Gasteiger partial charge in [0.2, 0.25) is 0 Å². The van der Waals surface area contributed by atoms with Crippen molar-refractivity contribution < 1.29 is 4.74 Å². The van der Waals surface area contributed by atoms with Crippen molar-refractivity contribution in [3.63, 3.8) is 0 Å². The van der Waals surface area contributed by atoms with E-state index in [2.05, 4.69) is 11.0 Å². The number of ether oxygens (including phenoxy) is 1. The van der Waals surface area contributed by atoms with E-state index in [4.69, 9.17) is 10.5 Å². The Labute approximate surface area is 94.6 Å². The van der Waals surface area contributed by atoms with Crippen molar-refractivity contribution in [2.45, 2.75) is 4.90 Å². The van der Waals surface area contributed by atoms with Gasteiger partial charge < -0.3 is 15.4 Å². The van der Waals surface area contributed by atoms with Crippen LogP contribution in [-0.4, -0.2) is 32.5 Å². The first-order valence-corrected chi connectivity index (χ1v) is 6.10. The maximum atomic E-state index is 5.62. The zero-order valence-electron chi connectivity index (χ0n) is 8.90. The molecule has 1 aromatic carbocycles. The van der Waals surface area contributed by atoms with Gasteiger partial charge in [0.25, 0.3) is 0 Å². The van der Waals surface area contributed by atoms with Gasteiger partial charge in [-0.3, -0.25) is 0 Å². The van der Waals surface area contributed by atoms with Crippen LogP contribution in [0.25, 0.3) is 0 Å². The fourth-order valence-corrected chi connectivity index (χ4v) is 2.92. The fourth-order valence-electron chi connectivity index (χ4n) is 1.85. The number of methoxy groups -OCH3 is 1. The van der Waals surface area contributed by atoms with Crippen LogP contribution < -0.4 is 15.4 Å². The highest BCUT2D eigenvalue weighted by Gasteiger charge is 2.20. The molecule has 0 aliphatic carbocycles. The molecule has 0 radical (unpaired) electrons. The second-order valence-electron chi connectivity index (χ2n) is 3.43. The lowest BCUT2D eigenvalue weighted by molar-refractivity contribution is 0.413. The summed E-state index contributed by atoms with van der Waals surface area (Å²) in [5, 5.41) is 0. The molecule has 0 bridgehead atoms. The van der Waals surface area contributed by atoms with Gasteiger partial charge in [-0.2, -0.15) is 0 Å². The molecular formula is C11H16N2OS. The van der Waals surface area contributed by atoms with Gasteiger partial charge in [-0.05, 0) is 12.1 Å². The van der Waals surface area contributed by atoms with Crippen LogP contribution in [-0.2, 0) is 0 Å². The van der Waals surface area contributed by atoms with Gasteiger partial charge in [0.1, 0.15) is 5.75 Å². The van der Waals surface area contributed by atoms with Crippen molar-refractivity contribution in [3.05, 3.63) is 18.2 Å². The smallest absolute Gasteiger partial charge is 0.143 e. The number of nitrogens with zero attached hydrogens (tertiary/aromatic N) is 1. The van der Waals surface area contributed by atoms with Gasteiger partial charge in [0.15, 0.2) is 0 Å². The first-order valence-electron chi connectivity index (χ1n) is 5.11. The summed E-state index contributed by atoms with van der Waals surface area (Å²) < 4.78 is 5.39. The molecule has 2 rings (SSSR count). The predicted octanol–water partition coefficient (Wildman–Crippen LogP) is 1.57. The number of para-hydroxylation sites is 1. The van der Waals surface area contributed by atoms with E-state index in [0.29, 0.717) is 6.54 Å². The largest absolute Gasteiger partial charge is 0.495 e. The Hall–Kier alpha value is -0.870. The van der Waals surface area contributed by atoms with Crippen molar-refractivity contribution in [1.29, 1.82) is 0 Å². The molecule has 0 aromatic heterocycles. The third kappa shape index (κ3) is 2.06. The third-order valence-corrected chi connectivity index (χ3v) is 3.54. The second kappa shape index (κ2) is 4.77. The van der Waals surface area contributed by atoms with Crippen LogP contribution in [0.15, 0.2) is 23.1 Å². The first kappa shape index (κ1) is 10.6. The Kier molecular flexibility index (Phi) is 3.38. The monoisotopic (exact) mass is 224 g/mol. The molecule has 15 heavy (non-hydrogen) atoms. The van der Waals surface area contributed by atoms with Crippen LogP contribution in [0.4, 0.5) is 5.69 Å². The number of thioether (sulfide) groups is 1. The third-order valence-electron chi connectivity index (χ3n) is 2.52. The summed E-state index contributed by atoms with van der Waals surface area (Å²) in [4.78, 5) is 3.61. The summed E-state index contributed by atoms with van der Waals surface area (Å²) in [6.45, 7) is 2.63.